The Morgan fingerprint density at radius 3 is 2.88 bits per heavy atom. The molecule has 2 rings (SSSR count). The Labute approximate surface area is 102 Å². The average Bonchev–Trinajstić information content (AvgIpc) is 2.31. The molecule has 94 valence electrons. The van der Waals surface area contributed by atoms with Crippen LogP contribution in [0.3, 0.4) is 0 Å². The standard InChI is InChI=1S/C13H20FN3/c1-17-3-2-12(16)7-13(17)10-4-9(8-15)5-11(14)6-10/h4-6,12-13H,2-3,7-8,15-16H2,1H3. The summed E-state index contributed by atoms with van der Waals surface area (Å²) in [7, 11) is 2.06. The van der Waals surface area contributed by atoms with Gasteiger partial charge in [0, 0.05) is 18.6 Å². The molecule has 0 radical (unpaired) electrons. The van der Waals surface area contributed by atoms with Gasteiger partial charge in [0.15, 0.2) is 0 Å². The van der Waals surface area contributed by atoms with Crippen molar-refractivity contribution < 1.29 is 4.39 Å². The third kappa shape index (κ3) is 2.83. The van der Waals surface area contributed by atoms with E-state index in [1.54, 1.807) is 6.07 Å². The first-order chi connectivity index (χ1) is 8.10. The number of benzene rings is 1. The second-order valence-electron chi connectivity index (χ2n) is 4.88. The molecule has 4 N–H and O–H groups in total. The van der Waals surface area contributed by atoms with Crippen LogP contribution >= 0.6 is 0 Å². The van der Waals surface area contributed by atoms with E-state index in [9.17, 15) is 4.39 Å². The third-order valence-electron chi connectivity index (χ3n) is 3.51. The van der Waals surface area contributed by atoms with E-state index in [4.69, 9.17) is 11.5 Å². The van der Waals surface area contributed by atoms with E-state index in [-0.39, 0.29) is 17.9 Å². The van der Waals surface area contributed by atoms with Crippen molar-refractivity contribution in [1.82, 2.24) is 4.90 Å². The van der Waals surface area contributed by atoms with Crippen molar-refractivity contribution in [3.63, 3.8) is 0 Å². The number of hydrogen-bond acceptors (Lipinski definition) is 3. The van der Waals surface area contributed by atoms with Crippen molar-refractivity contribution in [2.24, 2.45) is 11.5 Å². The maximum absolute atomic E-state index is 13.5. The minimum absolute atomic E-state index is 0.208. The lowest BCUT2D eigenvalue weighted by Crippen LogP contribution is -2.40. The highest BCUT2D eigenvalue weighted by Gasteiger charge is 2.25. The Hall–Kier alpha value is -0.970. The van der Waals surface area contributed by atoms with Crippen LogP contribution in [0, 0.1) is 5.82 Å². The number of likely N-dealkylation sites (tertiary alicyclic amines) is 1. The molecule has 0 saturated carbocycles. The lowest BCUT2D eigenvalue weighted by molar-refractivity contribution is 0.171. The summed E-state index contributed by atoms with van der Waals surface area (Å²) in [6.07, 6.45) is 1.88. The number of piperidine rings is 1. The van der Waals surface area contributed by atoms with E-state index in [2.05, 4.69) is 11.9 Å². The molecule has 0 amide bonds. The summed E-state index contributed by atoms with van der Waals surface area (Å²) < 4.78 is 13.5. The Bertz CT molecular complexity index is 394. The lowest BCUT2D eigenvalue weighted by atomic mass is 9.92. The van der Waals surface area contributed by atoms with Crippen molar-refractivity contribution in [3.8, 4) is 0 Å². The van der Waals surface area contributed by atoms with E-state index < -0.39 is 0 Å². The van der Waals surface area contributed by atoms with Gasteiger partial charge in [-0.1, -0.05) is 6.07 Å². The Morgan fingerprint density at radius 1 is 1.41 bits per heavy atom. The maximum atomic E-state index is 13.5. The lowest BCUT2D eigenvalue weighted by Gasteiger charge is -2.36. The summed E-state index contributed by atoms with van der Waals surface area (Å²) in [5.41, 5.74) is 13.4. The zero-order valence-electron chi connectivity index (χ0n) is 10.2. The van der Waals surface area contributed by atoms with Crippen LogP contribution in [0.1, 0.15) is 30.0 Å². The molecule has 1 aromatic rings. The van der Waals surface area contributed by atoms with Gasteiger partial charge in [-0.05, 0) is 49.7 Å². The van der Waals surface area contributed by atoms with Gasteiger partial charge in [-0.3, -0.25) is 4.90 Å². The summed E-state index contributed by atoms with van der Waals surface area (Å²) in [6.45, 7) is 1.33. The average molecular weight is 237 g/mol. The van der Waals surface area contributed by atoms with Crippen molar-refractivity contribution in [1.29, 1.82) is 0 Å². The summed E-state index contributed by atoms with van der Waals surface area (Å²) in [5.74, 6) is -0.213. The van der Waals surface area contributed by atoms with E-state index >= 15 is 0 Å². The number of hydrogen-bond donors (Lipinski definition) is 2. The van der Waals surface area contributed by atoms with Gasteiger partial charge >= 0.3 is 0 Å². The van der Waals surface area contributed by atoms with Gasteiger partial charge in [0.25, 0.3) is 0 Å². The normalized spacial score (nSPS) is 26.1. The number of nitrogens with zero attached hydrogens (tertiary/aromatic N) is 1. The molecule has 1 saturated heterocycles. The first-order valence-electron chi connectivity index (χ1n) is 6.05. The molecular weight excluding hydrogens is 217 g/mol. The monoisotopic (exact) mass is 237 g/mol. The van der Waals surface area contributed by atoms with Crippen molar-refractivity contribution in [3.05, 3.63) is 35.1 Å². The summed E-state index contributed by atoms with van der Waals surface area (Å²) in [4.78, 5) is 2.23. The Balaban J connectivity index is 2.28. The van der Waals surface area contributed by atoms with Gasteiger partial charge in [0.1, 0.15) is 5.82 Å². The first-order valence-corrected chi connectivity index (χ1v) is 6.05. The van der Waals surface area contributed by atoms with Crippen LogP contribution in [0.4, 0.5) is 4.39 Å². The minimum atomic E-state index is -0.213. The van der Waals surface area contributed by atoms with Gasteiger partial charge in [0.2, 0.25) is 0 Å². The van der Waals surface area contributed by atoms with Crippen LogP contribution < -0.4 is 11.5 Å². The van der Waals surface area contributed by atoms with E-state index in [1.807, 2.05) is 6.07 Å². The predicted molar refractivity (Wildman–Crippen MR) is 66.9 cm³/mol. The number of nitrogens with two attached hydrogens (primary N) is 2. The fraction of sp³-hybridized carbons (Fsp3) is 0.538. The molecule has 0 spiro atoms. The smallest absolute Gasteiger partial charge is 0.123 e. The third-order valence-corrected chi connectivity index (χ3v) is 3.51. The van der Waals surface area contributed by atoms with E-state index in [1.165, 1.54) is 6.07 Å². The van der Waals surface area contributed by atoms with Crippen LogP contribution in [0.15, 0.2) is 18.2 Å². The Kier molecular flexibility index (Phi) is 3.76. The molecule has 0 aliphatic carbocycles. The molecule has 1 aliphatic rings. The molecule has 1 aliphatic heterocycles. The SMILES string of the molecule is CN1CCC(N)CC1c1cc(F)cc(CN)c1. The highest BCUT2D eigenvalue weighted by atomic mass is 19.1. The Morgan fingerprint density at radius 2 is 2.18 bits per heavy atom. The fourth-order valence-electron chi connectivity index (χ4n) is 2.49. The summed E-state index contributed by atoms with van der Waals surface area (Å²) in [5, 5.41) is 0. The number of halogens is 1. The van der Waals surface area contributed by atoms with Gasteiger partial charge in [-0.25, -0.2) is 4.39 Å². The number of rotatable bonds is 2. The van der Waals surface area contributed by atoms with Crippen LogP contribution in [0.25, 0.3) is 0 Å². The zero-order chi connectivity index (χ0) is 12.4. The minimum Gasteiger partial charge on any atom is -0.328 e. The van der Waals surface area contributed by atoms with Crippen LogP contribution in [-0.4, -0.2) is 24.5 Å². The van der Waals surface area contributed by atoms with Crippen molar-refractivity contribution >= 4 is 0 Å². The van der Waals surface area contributed by atoms with E-state index in [0.717, 1.165) is 30.5 Å². The zero-order valence-corrected chi connectivity index (χ0v) is 10.2. The van der Waals surface area contributed by atoms with Gasteiger partial charge in [-0.2, -0.15) is 0 Å². The van der Waals surface area contributed by atoms with Gasteiger partial charge < -0.3 is 11.5 Å². The first kappa shape index (κ1) is 12.5. The summed E-state index contributed by atoms with van der Waals surface area (Å²) in [6, 6.07) is 5.49. The summed E-state index contributed by atoms with van der Waals surface area (Å²) >= 11 is 0. The topological polar surface area (TPSA) is 55.3 Å². The van der Waals surface area contributed by atoms with Crippen LogP contribution in [-0.2, 0) is 6.54 Å². The van der Waals surface area contributed by atoms with Crippen molar-refractivity contribution in [2.45, 2.75) is 31.5 Å². The molecule has 0 bridgehead atoms. The maximum Gasteiger partial charge on any atom is 0.123 e. The second kappa shape index (κ2) is 5.12. The molecule has 17 heavy (non-hydrogen) atoms. The van der Waals surface area contributed by atoms with Crippen LogP contribution in [0.5, 0.6) is 0 Å². The quantitative estimate of drug-likeness (QED) is 0.817. The molecule has 3 nitrogen and oxygen atoms in total. The second-order valence-corrected chi connectivity index (χ2v) is 4.88. The molecule has 1 aromatic carbocycles. The predicted octanol–water partition coefficient (Wildman–Crippen LogP) is 1.38. The molecule has 0 aromatic heterocycles. The largest absolute Gasteiger partial charge is 0.328 e. The van der Waals surface area contributed by atoms with Gasteiger partial charge in [-0.15, -0.1) is 0 Å². The molecular formula is C13H20FN3. The highest BCUT2D eigenvalue weighted by Crippen LogP contribution is 2.30. The molecule has 1 heterocycles. The van der Waals surface area contributed by atoms with E-state index in [0.29, 0.717) is 6.54 Å². The molecule has 2 unspecified atom stereocenters. The molecule has 2 atom stereocenters. The van der Waals surface area contributed by atoms with Crippen LogP contribution in [0.2, 0.25) is 0 Å². The van der Waals surface area contributed by atoms with Crippen molar-refractivity contribution in [2.75, 3.05) is 13.6 Å². The van der Waals surface area contributed by atoms with Gasteiger partial charge in [0.05, 0.1) is 0 Å². The fourth-order valence-corrected chi connectivity index (χ4v) is 2.49. The molecule has 4 heteroatoms. The molecule has 1 fully saturated rings. The highest BCUT2D eigenvalue weighted by molar-refractivity contribution is 5.27.